The molecule has 17 heavy (non-hydrogen) atoms. The highest BCUT2D eigenvalue weighted by Gasteiger charge is 2.43. The summed E-state index contributed by atoms with van der Waals surface area (Å²) in [6.07, 6.45) is 6.07. The van der Waals surface area contributed by atoms with E-state index in [2.05, 4.69) is 9.97 Å². The van der Waals surface area contributed by atoms with E-state index in [0.717, 1.165) is 12.3 Å². The van der Waals surface area contributed by atoms with E-state index in [1.807, 2.05) is 0 Å². The lowest BCUT2D eigenvalue weighted by molar-refractivity contribution is 0.0705. The van der Waals surface area contributed by atoms with Crippen LogP contribution >= 0.6 is 0 Å². The molecule has 2 aliphatic carbocycles. The Hall–Kier alpha value is -1.16. The maximum Gasteiger partial charge on any atom is 0.216 e. The van der Waals surface area contributed by atoms with Crippen molar-refractivity contribution in [3.05, 3.63) is 18.1 Å². The molecule has 1 aromatic rings. The van der Waals surface area contributed by atoms with Crippen LogP contribution in [0.2, 0.25) is 0 Å². The molecule has 2 saturated carbocycles. The molecule has 0 spiro atoms. The second-order valence-corrected chi connectivity index (χ2v) is 5.27. The zero-order valence-corrected chi connectivity index (χ0v) is 10.0. The molecular formula is C13H18N2O2. The summed E-state index contributed by atoms with van der Waals surface area (Å²) in [7, 11) is 1.58. The van der Waals surface area contributed by atoms with Crippen molar-refractivity contribution in [3.63, 3.8) is 0 Å². The quantitative estimate of drug-likeness (QED) is 0.868. The van der Waals surface area contributed by atoms with Crippen LogP contribution in [0.15, 0.2) is 12.4 Å². The van der Waals surface area contributed by atoms with Crippen LogP contribution in [0.4, 0.5) is 0 Å². The van der Waals surface area contributed by atoms with Gasteiger partial charge in [-0.15, -0.1) is 0 Å². The molecule has 1 aromatic heterocycles. The van der Waals surface area contributed by atoms with E-state index in [-0.39, 0.29) is 0 Å². The van der Waals surface area contributed by atoms with Crippen LogP contribution in [0.25, 0.3) is 0 Å². The van der Waals surface area contributed by atoms with Crippen LogP contribution < -0.4 is 4.74 Å². The molecule has 4 nitrogen and oxygen atoms in total. The fourth-order valence-electron chi connectivity index (χ4n) is 3.53. The molecule has 4 heteroatoms. The van der Waals surface area contributed by atoms with Gasteiger partial charge >= 0.3 is 0 Å². The van der Waals surface area contributed by atoms with E-state index in [0.29, 0.717) is 23.4 Å². The first kappa shape index (κ1) is 11.0. The minimum Gasteiger partial charge on any atom is -0.481 e. The first-order chi connectivity index (χ1) is 8.28. The molecule has 2 fully saturated rings. The third-order valence-electron chi connectivity index (χ3n) is 4.37. The maximum atomic E-state index is 10.4. The number of rotatable bonds is 3. The monoisotopic (exact) mass is 234 g/mol. The average Bonchev–Trinajstić information content (AvgIpc) is 3.00. The van der Waals surface area contributed by atoms with Gasteiger partial charge in [-0.1, -0.05) is 6.42 Å². The average molecular weight is 234 g/mol. The van der Waals surface area contributed by atoms with E-state index in [4.69, 9.17) is 4.74 Å². The molecule has 4 atom stereocenters. The van der Waals surface area contributed by atoms with E-state index < -0.39 is 6.10 Å². The van der Waals surface area contributed by atoms with Gasteiger partial charge in [0, 0.05) is 6.07 Å². The summed E-state index contributed by atoms with van der Waals surface area (Å²) in [5.74, 6) is 2.44. The summed E-state index contributed by atoms with van der Waals surface area (Å²) in [5.41, 5.74) is 0.703. The van der Waals surface area contributed by atoms with Gasteiger partial charge in [-0.2, -0.15) is 0 Å². The number of hydrogen-bond donors (Lipinski definition) is 1. The van der Waals surface area contributed by atoms with Crippen molar-refractivity contribution in [3.8, 4) is 5.88 Å². The maximum absolute atomic E-state index is 10.4. The van der Waals surface area contributed by atoms with Crippen molar-refractivity contribution in [1.82, 2.24) is 9.97 Å². The van der Waals surface area contributed by atoms with Gasteiger partial charge in [-0.05, 0) is 37.0 Å². The smallest absolute Gasteiger partial charge is 0.216 e. The van der Waals surface area contributed by atoms with Crippen molar-refractivity contribution < 1.29 is 9.84 Å². The Morgan fingerprint density at radius 3 is 2.88 bits per heavy atom. The number of hydrogen-bond acceptors (Lipinski definition) is 4. The van der Waals surface area contributed by atoms with Gasteiger partial charge in [0.2, 0.25) is 5.88 Å². The lowest BCUT2D eigenvalue weighted by atomic mass is 9.83. The SMILES string of the molecule is COc1cc(C(O)C2CC3CCC2C3)ncn1. The molecule has 0 saturated heterocycles. The normalized spacial score (nSPS) is 32.7. The summed E-state index contributed by atoms with van der Waals surface area (Å²) < 4.78 is 5.07. The molecule has 0 aromatic carbocycles. The minimum absolute atomic E-state index is 0.383. The Balaban J connectivity index is 1.79. The van der Waals surface area contributed by atoms with Crippen LogP contribution in [0.1, 0.15) is 37.5 Å². The van der Waals surface area contributed by atoms with Gasteiger partial charge in [-0.25, -0.2) is 9.97 Å². The number of aromatic nitrogens is 2. The van der Waals surface area contributed by atoms with Gasteiger partial charge < -0.3 is 9.84 Å². The first-order valence-electron chi connectivity index (χ1n) is 6.32. The summed E-state index contributed by atoms with van der Waals surface area (Å²) in [6.45, 7) is 0. The predicted octanol–water partition coefficient (Wildman–Crippen LogP) is 1.95. The summed E-state index contributed by atoms with van der Waals surface area (Å²) in [5, 5.41) is 10.4. The molecular weight excluding hydrogens is 216 g/mol. The highest BCUT2D eigenvalue weighted by Crippen LogP contribution is 2.52. The van der Waals surface area contributed by atoms with Crippen molar-refractivity contribution in [1.29, 1.82) is 0 Å². The lowest BCUT2D eigenvalue weighted by Crippen LogP contribution is -2.20. The Morgan fingerprint density at radius 1 is 1.35 bits per heavy atom. The van der Waals surface area contributed by atoms with Gasteiger partial charge in [0.15, 0.2) is 0 Å². The van der Waals surface area contributed by atoms with Crippen LogP contribution in [0.3, 0.4) is 0 Å². The molecule has 1 heterocycles. The molecule has 0 amide bonds. The molecule has 92 valence electrons. The molecule has 2 bridgehead atoms. The van der Waals surface area contributed by atoms with Crippen molar-refractivity contribution >= 4 is 0 Å². The molecule has 3 rings (SSSR count). The lowest BCUT2D eigenvalue weighted by Gasteiger charge is -2.26. The van der Waals surface area contributed by atoms with E-state index in [1.54, 1.807) is 13.2 Å². The molecule has 1 N–H and O–H groups in total. The number of aliphatic hydroxyl groups is 1. The van der Waals surface area contributed by atoms with Gasteiger partial charge in [0.25, 0.3) is 0 Å². The molecule has 0 radical (unpaired) electrons. The van der Waals surface area contributed by atoms with Gasteiger partial charge in [0.05, 0.1) is 18.9 Å². The van der Waals surface area contributed by atoms with Crippen molar-refractivity contribution in [2.45, 2.75) is 31.8 Å². The zero-order valence-electron chi connectivity index (χ0n) is 10.0. The largest absolute Gasteiger partial charge is 0.481 e. The standard InChI is InChI=1S/C13H18N2O2/c1-17-12-6-11(14-7-15-12)13(16)10-5-8-2-3-9(10)4-8/h6-10,13,16H,2-5H2,1H3. The predicted molar refractivity (Wildman–Crippen MR) is 62.5 cm³/mol. The molecule has 4 unspecified atom stereocenters. The van der Waals surface area contributed by atoms with E-state index in [9.17, 15) is 5.11 Å². The topological polar surface area (TPSA) is 55.2 Å². The number of aliphatic hydroxyl groups excluding tert-OH is 1. The van der Waals surface area contributed by atoms with Gasteiger partial charge in [0.1, 0.15) is 6.33 Å². The fraction of sp³-hybridized carbons (Fsp3) is 0.692. The fourth-order valence-corrected chi connectivity index (χ4v) is 3.53. The second kappa shape index (κ2) is 4.26. The number of methoxy groups -OCH3 is 1. The highest BCUT2D eigenvalue weighted by atomic mass is 16.5. The Bertz CT molecular complexity index is 410. The third kappa shape index (κ3) is 1.90. The highest BCUT2D eigenvalue weighted by molar-refractivity contribution is 5.17. The summed E-state index contributed by atoms with van der Waals surface area (Å²) in [4.78, 5) is 8.14. The van der Waals surface area contributed by atoms with Crippen LogP contribution in [-0.4, -0.2) is 22.2 Å². The van der Waals surface area contributed by atoms with Crippen LogP contribution in [0.5, 0.6) is 5.88 Å². The van der Waals surface area contributed by atoms with Crippen LogP contribution in [0, 0.1) is 17.8 Å². The van der Waals surface area contributed by atoms with Crippen LogP contribution in [-0.2, 0) is 0 Å². The van der Waals surface area contributed by atoms with Gasteiger partial charge in [-0.3, -0.25) is 0 Å². The molecule has 0 aliphatic heterocycles. The zero-order chi connectivity index (χ0) is 11.8. The number of fused-ring (bicyclic) bond motifs is 2. The van der Waals surface area contributed by atoms with Crippen molar-refractivity contribution in [2.24, 2.45) is 17.8 Å². The van der Waals surface area contributed by atoms with Crippen molar-refractivity contribution in [2.75, 3.05) is 7.11 Å². The third-order valence-corrected chi connectivity index (χ3v) is 4.37. The molecule has 2 aliphatic rings. The number of nitrogens with zero attached hydrogens (tertiary/aromatic N) is 2. The Labute approximate surface area is 101 Å². The Kier molecular flexibility index (Phi) is 2.74. The number of ether oxygens (including phenoxy) is 1. The minimum atomic E-state index is -0.456. The van der Waals surface area contributed by atoms with E-state index >= 15 is 0 Å². The second-order valence-electron chi connectivity index (χ2n) is 5.27. The summed E-state index contributed by atoms with van der Waals surface area (Å²) >= 11 is 0. The Morgan fingerprint density at radius 2 is 2.24 bits per heavy atom. The van der Waals surface area contributed by atoms with E-state index in [1.165, 1.54) is 25.6 Å². The first-order valence-corrected chi connectivity index (χ1v) is 6.32. The summed E-state index contributed by atoms with van der Waals surface area (Å²) in [6, 6.07) is 1.75.